The van der Waals surface area contributed by atoms with Crippen molar-refractivity contribution in [3.8, 4) is 5.75 Å². The lowest BCUT2D eigenvalue weighted by Crippen LogP contribution is -2.31. The third-order valence-corrected chi connectivity index (χ3v) is 2.49. The average Bonchev–Trinajstić information content (AvgIpc) is 2.85. The molecule has 0 aliphatic rings. The SMILES string of the molecule is CN(CCOc1ccccc1)C(=O)c1nc(N)n[nH]1. The van der Waals surface area contributed by atoms with Crippen LogP contribution in [-0.4, -0.2) is 46.2 Å². The van der Waals surface area contributed by atoms with E-state index in [-0.39, 0.29) is 17.7 Å². The number of nitrogens with zero attached hydrogens (tertiary/aromatic N) is 3. The number of hydrogen-bond acceptors (Lipinski definition) is 5. The number of aromatic nitrogens is 3. The predicted octanol–water partition coefficient (Wildman–Crippen LogP) is 0.538. The summed E-state index contributed by atoms with van der Waals surface area (Å²) in [6.07, 6.45) is 0. The summed E-state index contributed by atoms with van der Waals surface area (Å²) in [5, 5.41) is 6.09. The lowest BCUT2D eigenvalue weighted by molar-refractivity contribution is 0.0762. The molecule has 1 heterocycles. The monoisotopic (exact) mass is 261 g/mol. The molecule has 1 aromatic carbocycles. The molecule has 7 heteroatoms. The molecule has 0 spiro atoms. The van der Waals surface area contributed by atoms with Crippen LogP contribution in [0, 0.1) is 0 Å². The second-order valence-corrected chi connectivity index (χ2v) is 3.93. The number of benzene rings is 1. The van der Waals surface area contributed by atoms with Crippen molar-refractivity contribution in [3.05, 3.63) is 36.2 Å². The van der Waals surface area contributed by atoms with Gasteiger partial charge in [-0.2, -0.15) is 4.98 Å². The zero-order valence-corrected chi connectivity index (χ0v) is 10.5. The lowest BCUT2D eigenvalue weighted by Gasteiger charge is -2.15. The molecular formula is C12H15N5O2. The molecule has 1 aromatic heterocycles. The quantitative estimate of drug-likeness (QED) is 0.818. The molecule has 3 N–H and O–H groups in total. The highest BCUT2D eigenvalue weighted by Gasteiger charge is 2.15. The Morgan fingerprint density at radius 1 is 1.42 bits per heavy atom. The predicted molar refractivity (Wildman–Crippen MR) is 69.7 cm³/mol. The van der Waals surface area contributed by atoms with Crippen LogP contribution in [0.4, 0.5) is 5.95 Å². The van der Waals surface area contributed by atoms with Crippen LogP contribution in [0.2, 0.25) is 0 Å². The number of anilines is 1. The van der Waals surface area contributed by atoms with Gasteiger partial charge < -0.3 is 15.4 Å². The number of carbonyl (C=O) groups is 1. The van der Waals surface area contributed by atoms with Crippen LogP contribution in [0.3, 0.4) is 0 Å². The van der Waals surface area contributed by atoms with Crippen LogP contribution in [-0.2, 0) is 0 Å². The van der Waals surface area contributed by atoms with Gasteiger partial charge in [0.05, 0.1) is 6.54 Å². The summed E-state index contributed by atoms with van der Waals surface area (Å²) in [7, 11) is 1.66. The number of H-pyrrole nitrogens is 1. The summed E-state index contributed by atoms with van der Waals surface area (Å²) in [5.74, 6) is 0.671. The number of aromatic amines is 1. The maximum Gasteiger partial charge on any atom is 0.291 e. The minimum absolute atomic E-state index is 0.0530. The molecule has 0 saturated carbocycles. The molecule has 0 aliphatic carbocycles. The molecule has 0 saturated heterocycles. The number of ether oxygens (including phenoxy) is 1. The van der Waals surface area contributed by atoms with Crippen molar-refractivity contribution < 1.29 is 9.53 Å². The topological polar surface area (TPSA) is 97.1 Å². The third kappa shape index (κ3) is 3.44. The Morgan fingerprint density at radius 3 is 2.79 bits per heavy atom. The fraction of sp³-hybridized carbons (Fsp3) is 0.250. The van der Waals surface area contributed by atoms with Crippen LogP contribution in [0.5, 0.6) is 5.75 Å². The van der Waals surface area contributed by atoms with Gasteiger partial charge in [0, 0.05) is 7.05 Å². The molecule has 0 atom stereocenters. The van der Waals surface area contributed by atoms with Crippen LogP contribution in [0.25, 0.3) is 0 Å². The number of nitrogens with one attached hydrogen (secondary N) is 1. The maximum absolute atomic E-state index is 11.9. The zero-order valence-electron chi connectivity index (χ0n) is 10.5. The first-order chi connectivity index (χ1) is 9.16. The Morgan fingerprint density at radius 2 is 2.16 bits per heavy atom. The van der Waals surface area contributed by atoms with Gasteiger partial charge in [-0.1, -0.05) is 18.2 Å². The summed E-state index contributed by atoms with van der Waals surface area (Å²) >= 11 is 0. The van der Waals surface area contributed by atoms with E-state index in [4.69, 9.17) is 10.5 Å². The first kappa shape index (κ1) is 12.9. The van der Waals surface area contributed by atoms with E-state index in [0.717, 1.165) is 5.75 Å². The molecule has 0 unspecified atom stereocenters. The molecule has 100 valence electrons. The summed E-state index contributed by atoms with van der Waals surface area (Å²) in [6.45, 7) is 0.838. The largest absolute Gasteiger partial charge is 0.492 e. The lowest BCUT2D eigenvalue weighted by atomic mass is 10.3. The van der Waals surface area contributed by atoms with Gasteiger partial charge in [0.1, 0.15) is 12.4 Å². The summed E-state index contributed by atoms with van der Waals surface area (Å²) in [5.41, 5.74) is 5.34. The van der Waals surface area contributed by atoms with Gasteiger partial charge in [-0.05, 0) is 12.1 Å². The molecule has 2 rings (SSSR count). The number of para-hydroxylation sites is 1. The summed E-state index contributed by atoms with van der Waals surface area (Å²) in [6, 6.07) is 9.41. The molecule has 0 fully saturated rings. The number of rotatable bonds is 5. The van der Waals surface area contributed by atoms with Gasteiger partial charge >= 0.3 is 0 Å². The number of carbonyl (C=O) groups excluding carboxylic acids is 1. The first-order valence-corrected chi connectivity index (χ1v) is 5.78. The van der Waals surface area contributed by atoms with Crippen LogP contribution < -0.4 is 10.5 Å². The van der Waals surface area contributed by atoms with Crippen LogP contribution >= 0.6 is 0 Å². The molecule has 7 nitrogen and oxygen atoms in total. The van der Waals surface area contributed by atoms with E-state index < -0.39 is 0 Å². The van der Waals surface area contributed by atoms with Crippen molar-refractivity contribution in [1.82, 2.24) is 20.1 Å². The van der Waals surface area contributed by atoms with Crippen molar-refractivity contribution in [2.75, 3.05) is 25.9 Å². The fourth-order valence-corrected chi connectivity index (χ4v) is 1.47. The van der Waals surface area contributed by atoms with Crippen molar-refractivity contribution >= 4 is 11.9 Å². The van der Waals surface area contributed by atoms with Crippen molar-refractivity contribution in [2.24, 2.45) is 0 Å². The normalized spacial score (nSPS) is 10.2. The Bertz CT molecular complexity index is 540. The Balaban J connectivity index is 1.81. The third-order valence-electron chi connectivity index (χ3n) is 2.49. The van der Waals surface area contributed by atoms with Crippen molar-refractivity contribution in [3.63, 3.8) is 0 Å². The smallest absolute Gasteiger partial charge is 0.291 e. The van der Waals surface area contributed by atoms with Gasteiger partial charge in [-0.3, -0.25) is 9.89 Å². The Hall–Kier alpha value is -2.57. The van der Waals surface area contributed by atoms with E-state index >= 15 is 0 Å². The second kappa shape index (κ2) is 5.85. The van der Waals surface area contributed by atoms with E-state index in [9.17, 15) is 4.79 Å². The minimum Gasteiger partial charge on any atom is -0.492 e. The molecular weight excluding hydrogens is 246 g/mol. The van der Waals surface area contributed by atoms with Gasteiger partial charge in [0.25, 0.3) is 5.91 Å². The number of nitrogen functional groups attached to an aromatic ring is 1. The van der Waals surface area contributed by atoms with E-state index in [1.54, 1.807) is 7.05 Å². The number of nitrogens with two attached hydrogens (primary N) is 1. The standard InChI is InChI=1S/C12H15N5O2/c1-17(11(18)10-14-12(13)16-15-10)7-8-19-9-5-3-2-4-6-9/h2-6H,7-8H2,1H3,(H3,13,14,15,16). The van der Waals surface area contributed by atoms with E-state index in [0.29, 0.717) is 13.2 Å². The highest BCUT2D eigenvalue weighted by molar-refractivity contribution is 5.90. The average molecular weight is 261 g/mol. The second-order valence-electron chi connectivity index (χ2n) is 3.93. The van der Waals surface area contributed by atoms with E-state index in [1.807, 2.05) is 30.3 Å². The molecule has 0 aliphatic heterocycles. The van der Waals surface area contributed by atoms with Gasteiger partial charge in [-0.15, -0.1) is 5.10 Å². The Kier molecular flexibility index (Phi) is 3.97. The number of amides is 1. The summed E-state index contributed by atoms with van der Waals surface area (Å²) in [4.78, 5) is 17.1. The molecule has 2 aromatic rings. The fourth-order valence-electron chi connectivity index (χ4n) is 1.47. The number of hydrogen-bond donors (Lipinski definition) is 2. The van der Waals surface area contributed by atoms with Crippen molar-refractivity contribution in [2.45, 2.75) is 0 Å². The number of likely N-dealkylation sites (N-methyl/N-ethyl adjacent to an activating group) is 1. The van der Waals surface area contributed by atoms with E-state index in [1.165, 1.54) is 4.90 Å². The van der Waals surface area contributed by atoms with Crippen LogP contribution in [0.15, 0.2) is 30.3 Å². The Labute approximate surface area is 110 Å². The van der Waals surface area contributed by atoms with Gasteiger partial charge in [0.2, 0.25) is 11.8 Å². The highest BCUT2D eigenvalue weighted by Crippen LogP contribution is 2.08. The maximum atomic E-state index is 11.9. The molecule has 1 amide bonds. The molecule has 0 radical (unpaired) electrons. The van der Waals surface area contributed by atoms with Gasteiger partial charge in [0.15, 0.2) is 0 Å². The van der Waals surface area contributed by atoms with E-state index in [2.05, 4.69) is 15.2 Å². The zero-order chi connectivity index (χ0) is 13.7. The van der Waals surface area contributed by atoms with Gasteiger partial charge in [-0.25, -0.2) is 0 Å². The van der Waals surface area contributed by atoms with Crippen molar-refractivity contribution in [1.29, 1.82) is 0 Å². The van der Waals surface area contributed by atoms with Crippen LogP contribution in [0.1, 0.15) is 10.6 Å². The molecule has 0 bridgehead atoms. The minimum atomic E-state index is -0.277. The molecule has 19 heavy (non-hydrogen) atoms. The first-order valence-electron chi connectivity index (χ1n) is 5.78. The summed E-state index contributed by atoms with van der Waals surface area (Å²) < 4.78 is 5.50. The highest BCUT2D eigenvalue weighted by atomic mass is 16.5.